The summed E-state index contributed by atoms with van der Waals surface area (Å²) in [5, 5.41) is 14.2. The molecule has 2 aliphatic heterocycles. The second-order valence-electron chi connectivity index (χ2n) is 9.91. The molecule has 1 N–H and O–H groups in total. The summed E-state index contributed by atoms with van der Waals surface area (Å²) in [5.41, 5.74) is 4.29. The van der Waals surface area contributed by atoms with Crippen LogP contribution in [0.25, 0.3) is 11.0 Å². The molecule has 5 rings (SSSR count). The third kappa shape index (κ3) is 4.45. The van der Waals surface area contributed by atoms with E-state index in [1.54, 1.807) is 6.20 Å². The first-order valence-electron chi connectivity index (χ1n) is 12.7. The summed E-state index contributed by atoms with van der Waals surface area (Å²) in [6, 6.07) is 3.91. The molecule has 1 aromatic carbocycles. The van der Waals surface area contributed by atoms with E-state index < -0.39 is 6.09 Å². The number of aromatic nitrogens is 4. The molecule has 2 aromatic heterocycles. The van der Waals surface area contributed by atoms with Gasteiger partial charge >= 0.3 is 6.09 Å². The quantitative estimate of drug-likeness (QED) is 0.564. The molecule has 1 atom stereocenters. The number of nitrogens with zero attached hydrogens (tertiary/aromatic N) is 6. The summed E-state index contributed by atoms with van der Waals surface area (Å²) in [7, 11) is 1.88. The van der Waals surface area contributed by atoms with Crippen molar-refractivity contribution in [1.29, 1.82) is 0 Å². The first-order chi connectivity index (χ1) is 17.3. The van der Waals surface area contributed by atoms with Crippen molar-refractivity contribution in [1.82, 2.24) is 24.2 Å². The second-order valence-corrected chi connectivity index (χ2v) is 9.91. The number of imidazole rings is 1. The van der Waals surface area contributed by atoms with E-state index in [9.17, 15) is 14.7 Å². The van der Waals surface area contributed by atoms with Crippen molar-refractivity contribution in [3.63, 3.8) is 0 Å². The molecule has 4 heterocycles. The Morgan fingerprint density at radius 3 is 2.72 bits per heavy atom. The van der Waals surface area contributed by atoms with Crippen molar-refractivity contribution in [2.75, 3.05) is 25.2 Å². The second kappa shape index (κ2) is 9.93. The van der Waals surface area contributed by atoms with Gasteiger partial charge in [0, 0.05) is 63.3 Å². The van der Waals surface area contributed by atoms with Gasteiger partial charge in [-0.15, -0.1) is 0 Å². The number of carboxylic acid groups (broad SMARTS) is 1. The number of anilines is 1. The van der Waals surface area contributed by atoms with E-state index in [0.717, 1.165) is 53.7 Å². The normalized spacial score (nSPS) is 18.4. The molecule has 2 amide bonds. The highest BCUT2D eigenvalue weighted by atomic mass is 16.5. The third-order valence-electron chi connectivity index (χ3n) is 7.64. The highest BCUT2D eigenvalue weighted by Crippen LogP contribution is 2.38. The molecule has 0 aliphatic carbocycles. The molecule has 3 aromatic rings. The lowest BCUT2D eigenvalue weighted by molar-refractivity contribution is -0.134. The molecule has 10 heteroatoms. The van der Waals surface area contributed by atoms with Gasteiger partial charge in [-0.2, -0.15) is 5.10 Å². The Balaban J connectivity index is 1.56. The lowest BCUT2D eigenvalue weighted by atomic mass is 9.94. The SMILES string of the molecule is Cc1cc2c(c3nc(CCn4cccn4)n(CC(=O)N(C)C4CCOCC4)c13)CCC(C)N2C(=O)O. The van der Waals surface area contributed by atoms with E-state index in [-0.39, 0.29) is 24.5 Å². The van der Waals surface area contributed by atoms with Crippen molar-refractivity contribution in [3.05, 3.63) is 41.5 Å². The van der Waals surface area contributed by atoms with Gasteiger partial charge in [-0.05, 0) is 57.2 Å². The van der Waals surface area contributed by atoms with Crippen LogP contribution in [0, 0.1) is 6.92 Å². The zero-order valence-corrected chi connectivity index (χ0v) is 21.2. The molecule has 36 heavy (non-hydrogen) atoms. The molecule has 0 bridgehead atoms. The Kier molecular flexibility index (Phi) is 6.70. The third-order valence-corrected chi connectivity index (χ3v) is 7.64. The highest BCUT2D eigenvalue weighted by molar-refractivity contribution is 5.96. The Labute approximate surface area is 210 Å². The fraction of sp³-hybridized carbons (Fsp3) is 0.538. The van der Waals surface area contributed by atoms with E-state index in [0.29, 0.717) is 31.9 Å². The molecule has 1 fully saturated rings. The zero-order valence-electron chi connectivity index (χ0n) is 21.2. The maximum Gasteiger partial charge on any atom is 0.412 e. The van der Waals surface area contributed by atoms with E-state index in [2.05, 4.69) is 5.10 Å². The van der Waals surface area contributed by atoms with Gasteiger partial charge in [0.2, 0.25) is 5.91 Å². The molecule has 2 aliphatic rings. The molecular formula is C26H34N6O4. The van der Waals surface area contributed by atoms with Gasteiger partial charge < -0.3 is 19.3 Å². The highest BCUT2D eigenvalue weighted by Gasteiger charge is 2.32. The Morgan fingerprint density at radius 2 is 2.03 bits per heavy atom. The number of likely N-dealkylation sites (N-methyl/N-ethyl adjacent to an activating group) is 1. The molecule has 0 saturated carbocycles. The molecule has 10 nitrogen and oxygen atoms in total. The van der Waals surface area contributed by atoms with Gasteiger partial charge in [0.25, 0.3) is 0 Å². The minimum Gasteiger partial charge on any atom is -0.465 e. The van der Waals surface area contributed by atoms with Crippen molar-refractivity contribution >= 4 is 28.7 Å². The van der Waals surface area contributed by atoms with Crippen molar-refractivity contribution in [2.45, 2.75) is 71.1 Å². The number of hydrogen-bond donors (Lipinski definition) is 1. The van der Waals surface area contributed by atoms with Crippen molar-refractivity contribution in [2.24, 2.45) is 0 Å². The van der Waals surface area contributed by atoms with Crippen LogP contribution in [0.1, 0.15) is 43.1 Å². The van der Waals surface area contributed by atoms with Crippen LogP contribution in [0.4, 0.5) is 10.5 Å². The molecule has 192 valence electrons. The molecule has 0 spiro atoms. The molecular weight excluding hydrogens is 460 g/mol. The maximum absolute atomic E-state index is 13.5. The van der Waals surface area contributed by atoms with Crippen LogP contribution in [0.15, 0.2) is 24.5 Å². The molecule has 0 radical (unpaired) electrons. The van der Waals surface area contributed by atoms with Gasteiger partial charge in [0.15, 0.2) is 0 Å². The predicted molar refractivity (Wildman–Crippen MR) is 135 cm³/mol. The lowest BCUT2D eigenvalue weighted by Crippen LogP contribution is -2.42. The van der Waals surface area contributed by atoms with Gasteiger partial charge in [-0.25, -0.2) is 9.78 Å². The topological polar surface area (TPSA) is 106 Å². The molecule has 1 saturated heterocycles. The minimum absolute atomic E-state index is 0.0412. The summed E-state index contributed by atoms with van der Waals surface area (Å²) in [5.74, 6) is 0.852. The number of benzene rings is 1. The van der Waals surface area contributed by atoms with Gasteiger partial charge in [0.05, 0.1) is 16.7 Å². The monoisotopic (exact) mass is 494 g/mol. The number of fused-ring (bicyclic) bond motifs is 3. The summed E-state index contributed by atoms with van der Waals surface area (Å²) in [4.78, 5) is 33.9. The van der Waals surface area contributed by atoms with E-state index in [1.165, 1.54) is 4.90 Å². The van der Waals surface area contributed by atoms with Crippen molar-refractivity contribution in [3.8, 4) is 0 Å². The van der Waals surface area contributed by atoms with Crippen LogP contribution < -0.4 is 4.90 Å². The van der Waals surface area contributed by atoms with E-state index in [1.807, 2.05) is 53.4 Å². The van der Waals surface area contributed by atoms with Gasteiger partial charge in [0.1, 0.15) is 12.4 Å². The fourth-order valence-corrected chi connectivity index (χ4v) is 5.60. The average Bonchev–Trinajstić information content (AvgIpc) is 3.51. The smallest absolute Gasteiger partial charge is 0.412 e. The van der Waals surface area contributed by atoms with Crippen molar-refractivity contribution < 1.29 is 19.4 Å². The standard InChI is InChI=1S/C26H34N6O4/c1-17-15-21-20(6-5-18(2)32(21)26(34)35)24-25(17)31(22(28-24)7-12-30-11-4-10-27-30)16-23(33)29(3)19-8-13-36-14-9-19/h4,10-11,15,18-19H,5-9,12-14,16H2,1-3H3,(H,34,35). The Hall–Kier alpha value is -3.40. The first kappa shape index (κ1) is 24.3. The van der Waals surface area contributed by atoms with Crippen LogP contribution in [0.2, 0.25) is 0 Å². The average molecular weight is 495 g/mol. The number of rotatable bonds is 6. The zero-order chi connectivity index (χ0) is 25.4. The number of hydrogen-bond acceptors (Lipinski definition) is 5. The maximum atomic E-state index is 13.5. The van der Waals surface area contributed by atoms with Crippen LogP contribution in [0.3, 0.4) is 0 Å². The number of amides is 2. The number of ether oxygens (including phenoxy) is 1. The lowest BCUT2D eigenvalue weighted by Gasteiger charge is -2.33. The fourth-order valence-electron chi connectivity index (χ4n) is 5.60. The largest absolute Gasteiger partial charge is 0.465 e. The molecule has 1 unspecified atom stereocenters. The summed E-state index contributed by atoms with van der Waals surface area (Å²) in [6.45, 7) is 6.10. The number of carbonyl (C=O) groups is 2. The summed E-state index contributed by atoms with van der Waals surface area (Å²) >= 11 is 0. The van der Waals surface area contributed by atoms with Crippen LogP contribution >= 0.6 is 0 Å². The summed E-state index contributed by atoms with van der Waals surface area (Å²) in [6.07, 6.45) is 6.49. The van der Waals surface area contributed by atoms with Crippen LogP contribution in [0.5, 0.6) is 0 Å². The Morgan fingerprint density at radius 1 is 1.25 bits per heavy atom. The predicted octanol–water partition coefficient (Wildman–Crippen LogP) is 3.24. The minimum atomic E-state index is -0.950. The summed E-state index contributed by atoms with van der Waals surface area (Å²) < 4.78 is 9.37. The van der Waals surface area contributed by atoms with E-state index in [4.69, 9.17) is 9.72 Å². The van der Waals surface area contributed by atoms with Crippen LogP contribution in [-0.2, 0) is 35.5 Å². The first-order valence-corrected chi connectivity index (χ1v) is 12.7. The number of aryl methyl sites for hydroxylation is 4. The van der Waals surface area contributed by atoms with E-state index >= 15 is 0 Å². The van der Waals surface area contributed by atoms with Gasteiger partial charge in [-0.3, -0.25) is 14.4 Å². The van der Waals surface area contributed by atoms with Crippen LogP contribution in [-0.4, -0.2) is 73.7 Å². The number of carbonyl (C=O) groups excluding carboxylic acids is 1. The Bertz CT molecular complexity index is 1260. The van der Waals surface area contributed by atoms with Gasteiger partial charge in [-0.1, -0.05) is 0 Å².